The van der Waals surface area contributed by atoms with Crippen LogP contribution in [0.25, 0.3) is 0 Å². The molecule has 2 nitrogen and oxygen atoms in total. The Kier molecular flexibility index (Phi) is 4.96. The lowest BCUT2D eigenvalue weighted by atomic mass is 9.95. The fraction of sp³-hybridized carbons (Fsp3) is 0.100. The van der Waals surface area contributed by atoms with Crippen LogP contribution in [-0.4, -0.2) is 5.11 Å². The molecule has 0 saturated carbocycles. The van der Waals surface area contributed by atoms with Gasteiger partial charge in [0.15, 0.2) is 0 Å². The molecule has 0 saturated heterocycles. The highest BCUT2D eigenvalue weighted by molar-refractivity contribution is 6.30. The van der Waals surface area contributed by atoms with Crippen molar-refractivity contribution in [3.63, 3.8) is 0 Å². The van der Waals surface area contributed by atoms with Gasteiger partial charge >= 0.3 is 0 Å². The lowest BCUT2D eigenvalue weighted by molar-refractivity contribution is 0.155. The first kappa shape index (κ1) is 15.6. The fourth-order valence-electron chi connectivity index (χ4n) is 2.57. The summed E-state index contributed by atoms with van der Waals surface area (Å²) in [4.78, 5) is 0. The average Bonchev–Trinajstić information content (AvgIpc) is 2.62. The van der Waals surface area contributed by atoms with E-state index in [2.05, 4.69) is 5.32 Å². The van der Waals surface area contributed by atoms with Crippen LogP contribution in [0.4, 0.5) is 5.69 Å². The lowest BCUT2D eigenvalue weighted by Crippen LogP contribution is -2.19. The Balaban J connectivity index is 1.92. The minimum absolute atomic E-state index is 0.250. The van der Waals surface area contributed by atoms with Gasteiger partial charge in [-0.1, -0.05) is 72.3 Å². The van der Waals surface area contributed by atoms with Gasteiger partial charge in [0.25, 0.3) is 0 Å². The van der Waals surface area contributed by atoms with Gasteiger partial charge in [0, 0.05) is 10.7 Å². The van der Waals surface area contributed by atoms with E-state index < -0.39 is 6.10 Å². The summed E-state index contributed by atoms with van der Waals surface area (Å²) in [6.07, 6.45) is -0.658. The molecule has 0 aliphatic heterocycles. The zero-order valence-electron chi connectivity index (χ0n) is 12.6. The molecule has 3 aromatic rings. The Hall–Kier alpha value is -2.29. The standard InChI is InChI=1S/C20H18ClNO/c21-17-11-13-18(14-12-17)22-19(15-7-3-1-4-8-15)20(23)16-9-5-2-6-10-16/h1-14,19-20,22-23H/t19-,20+/m0/s1. The number of hydrogen-bond acceptors (Lipinski definition) is 2. The molecule has 0 spiro atoms. The molecule has 2 N–H and O–H groups in total. The Labute approximate surface area is 141 Å². The molecule has 2 atom stereocenters. The molecule has 0 fully saturated rings. The molecule has 0 radical (unpaired) electrons. The summed E-state index contributed by atoms with van der Waals surface area (Å²) in [5.74, 6) is 0. The minimum Gasteiger partial charge on any atom is -0.386 e. The predicted octanol–water partition coefficient (Wildman–Crippen LogP) is 5.23. The van der Waals surface area contributed by atoms with Gasteiger partial charge in [0.1, 0.15) is 6.10 Å². The number of halogens is 1. The second-order valence-corrected chi connectivity index (χ2v) is 5.83. The molecule has 3 aromatic carbocycles. The van der Waals surface area contributed by atoms with E-state index in [0.29, 0.717) is 5.02 Å². The third kappa shape index (κ3) is 3.92. The van der Waals surface area contributed by atoms with Gasteiger partial charge in [0.2, 0.25) is 0 Å². The Morgan fingerprint density at radius 3 is 1.78 bits per heavy atom. The van der Waals surface area contributed by atoms with Crippen LogP contribution >= 0.6 is 11.6 Å². The number of hydrogen-bond donors (Lipinski definition) is 2. The van der Waals surface area contributed by atoms with E-state index in [1.807, 2.05) is 84.9 Å². The van der Waals surface area contributed by atoms with Crippen molar-refractivity contribution in [2.24, 2.45) is 0 Å². The van der Waals surface area contributed by atoms with Crippen molar-refractivity contribution in [2.75, 3.05) is 5.32 Å². The Bertz CT molecular complexity index is 729. The van der Waals surface area contributed by atoms with Gasteiger partial charge in [-0.25, -0.2) is 0 Å². The molecule has 0 amide bonds. The predicted molar refractivity (Wildman–Crippen MR) is 95.7 cm³/mol. The van der Waals surface area contributed by atoms with Crippen LogP contribution in [0.15, 0.2) is 84.9 Å². The quantitative estimate of drug-likeness (QED) is 0.674. The topological polar surface area (TPSA) is 32.3 Å². The third-order valence-electron chi connectivity index (χ3n) is 3.78. The highest BCUT2D eigenvalue weighted by Crippen LogP contribution is 2.32. The van der Waals surface area contributed by atoms with E-state index in [1.54, 1.807) is 0 Å². The largest absolute Gasteiger partial charge is 0.386 e. The molecule has 0 aliphatic carbocycles. The number of aliphatic hydroxyl groups excluding tert-OH is 1. The fourth-order valence-corrected chi connectivity index (χ4v) is 2.70. The van der Waals surface area contributed by atoms with E-state index in [9.17, 15) is 5.11 Å². The van der Waals surface area contributed by atoms with Crippen molar-refractivity contribution < 1.29 is 5.11 Å². The zero-order chi connectivity index (χ0) is 16.1. The van der Waals surface area contributed by atoms with E-state index in [4.69, 9.17) is 11.6 Å². The van der Waals surface area contributed by atoms with Crippen LogP contribution in [0.1, 0.15) is 23.3 Å². The van der Waals surface area contributed by atoms with Crippen molar-refractivity contribution >= 4 is 17.3 Å². The summed E-state index contributed by atoms with van der Waals surface area (Å²) >= 11 is 5.95. The van der Waals surface area contributed by atoms with Crippen LogP contribution < -0.4 is 5.32 Å². The number of nitrogens with one attached hydrogen (secondary N) is 1. The summed E-state index contributed by atoms with van der Waals surface area (Å²) < 4.78 is 0. The highest BCUT2D eigenvalue weighted by Gasteiger charge is 2.22. The van der Waals surface area contributed by atoms with Gasteiger partial charge in [0.05, 0.1) is 6.04 Å². The van der Waals surface area contributed by atoms with Gasteiger partial charge in [-0.2, -0.15) is 0 Å². The van der Waals surface area contributed by atoms with Crippen molar-refractivity contribution in [2.45, 2.75) is 12.1 Å². The van der Waals surface area contributed by atoms with Gasteiger partial charge in [-0.05, 0) is 35.4 Å². The third-order valence-corrected chi connectivity index (χ3v) is 4.03. The second-order valence-electron chi connectivity index (χ2n) is 5.40. The summed E-state index contributed by atoms with van der Waals surface area (Å²) in [5.41, 5.74) is 2.82. The SMILES string of the molecule is O[C@H](c1ccccc1)[C@@H](Nc1ccc(Cl)cc1)c1ccccc1. The normalized spacial score (nSPS) is 13.3. The first-order valence-electron chi connectivity index (χ1n) is 7.54. The van der Waals surface area contributed by atoms with Crippen molar-refractivity contribution in [1.29, 1.82) is 0 Å². The molecule has 3 heteroatoms. The second kappa shape index (κ2) is 7.32. The van der Waals surface area contributed by atoms with Crippen LogP contribution in [0.5, 0.6) is 0 Å². The summed E-state index contributed by atoms with van der Waals surface area (Å²) in [7, 11) is 0. The summed E-state index contributed by atoms with van der Waals surface area (Å²) in [6, 6.07) is 26.9. The molecule has 116 valence electrons. The lowest BCUT2D eigenvalue weighted by Gasteiger charge is -2.26. The highest BCUT2D eigenvalue weighted by atomic mass is 35.5. The number of aliphatic hydroxyl groups is 1. The van der Waals surface area contributed by atoms with Crippen LogP contribution in [0.3, 0.4) is 0 Å². The van der Waals surface area contributed by atoms with E-state index in [0.717, 1.165) is 16.8 Å². The Morgan fingerprint density at radius 1 is 0.696 bits per heavy atom. The maximum Gasteiger partial charge on any atom is 0.103 e. The maximum absolute atomic E-state index is 10.9. The first-order valence-corrected chi connectivity index (χ1v) is 7.92. The van der Waals surface area contributed by atoms with E-state index in [-0.39, 0.29) is 6.04 Å². The molecular formula is C20H18ClNO. The van der Waals surface area contributed by atoms with Gasteiger partial charge in [-0.15, -0.1) is 0 Å². The Morgan fingerprint density at radius 2 is 1.22 bits per heavy atom. The smallest absolute Gasteiger partial charge is 0.103 e. The van der Waals surface area contributed by atoms with Crippen molar-refractivity contribution in [1.82, 2.24) is 0 Å². The first-order chi connectivity index (χ1) is 11.2. The zero-order valence-corrected chi connectivity index (χ0v) is 13.3. The van der Waals surface area contributed by atoms with Crippen molar-refractivity contribution in [3.05, 3.63) is 101 Å². The van der Waals surface area contributed by atoms with E-state index >= 15 is 0 Å². The summed E-state index contributed by atoms with van der Waals surface area (Å²) in [6.45, 7) is 0. The maximum atomic E-state index is 10.9. The summed E-state index contributed by atoms with van der Waals surface area (Å²) in [5, 5.41) is 15.0. The van der Waals surface area contributed by atoms with Crippen LogP contribution in [0.2, 0.25) is 5.02 Å². The van der Waals surface area contributed by atoms with Gasteiger partial charge in [-0.3, -0.25) is 0 Å². The average molecular weight is 324 g/mol. The molecule has 0 heterocycles. The molecule has 23 heavy (non-hydrogen) atoms. The molecule has 0 unspecified atom stereocenters. The van der Waals surface area contributed by atoms with Crippen LogP contribution in [0, 0.1) is 0 Å². The number of rotatable bonds is 5. The number of benzene rings is 3. The molecule has 0 bridgehead atoms. The van der Waals surface area contributed by atoms with Gasteiger partial charge < -0.3 is 10.4 Å². The molecular weight excluding hydrogens is 306 g/mol. The van der Waals surface area contributed by atoms with E-state index in [1.165, 1.54) is 0 Å². The van der Waals surface area contributed by atoms with Crippen molar-refractivity contribution in [3.8, 4) is 0 Å². The minimum atomic E-state index is -0.658. The monoisotopic (exact) mass is 323 g/mol. The number of anilines is 1. The molecule has 0 aliphatic rings. The molecule has 3 rings (SSSR count). The van der Waals surface area contributed by atoms with Crippen LogP contribution in [-0.2, 0) is 0 Å². The molecule has 0 aromatic heterocycles.